The van der Waals surface area contributed by atoms with Gasteiger partial charge in [0.1, 0.15) is 16.5 Å². The second kappa shape index (κ2) is 7.06. The summed E-state index contributed by atoms with van der Waals surface area (Å²) in [5.74, 6) is -0.357. The number of hydrazone groups is 1. The lowest BCUT2D eigenvalue weighted by Crippen LogP contribution is -2.22. The molecule has 1 heterocycles. The molecular weight excluding hydrogens is 331 g/mol. The van der Waals surface area contributed by atoms with Crippen LogP contribution in [0.1, 0.15) is 5.56 Å². The molecule has 120 valence electrons. The van der Waals surface area contributed by atoms with E-state index in [0.717, 1.165) is 0 Å². The Morgan fingerprint density at radius 1 is 1.17 bits per heavy atom. The number of hydrogen-bond acceptors (Lipinski definition) is 4. The van der Waals surface area contributed by atoms with Crippen molar-refractivity contribution in [3.63, 3.8) is 0 Å². The molecule has 2 aromatic carbocycles. The number of para-hydroxylation sites is 1. The third-order valence-corrected chi connectivity index (χ3v) is 3.53. The SMILES string of the molecule is O=c1c(Cl)c(N/N=C\c2cccc(F)c2)cnn1-c1ccccc1. The topological polar surface area (TPSA) is 59.3 Å². The molecule has 1 N–H and O–H groups in total. The molecule has 0 atom stereocenters. The van der Waals surface area contributed by atoms with E-state index in [1.807, 2.05) is 6.07 Å². The van der Waals surface area contributed by atoms with Crippen LogP contribution in [-0.2, 0) is 0 Å². The van der Waals surface area contributed by atoms with Crippen molar-refractivity contribution in [2.75, 3.05) is 5.43 Å². The number of halogens is 2. The fourth-order valence-electron chi connectivity index (χ4n) is 2.03. The van der Waals surface area contributed by atoms with Gasteiger partial charge in [0.25, 0.3) is 5.56 Å². The van der Waals surface area contributed by atoms with Gasteiger partial charge in [-0.25, -0.2) is 4.39 Å². The summed E-state index contributed by atoms with van der Waals surface area (Å²) in [6, 6.07) is 14.9. The van der Waals surface area contributed by atoms with E-state index < -0.39 is 5.56 Å². The summed E-state index contributed by atoms with van der Waals surface area (Å²) >= 11 is 6.09. The summed E-state index contributed by atoms with van der Waals surface area (Å²) < 4.78 is 14.3. The number of benzene rings is 2. The molecule has 0 aliphatic rings. The monoisotopic (exact) mass is 342 g/mol. The molecule has 5 nitrogen and oxygen atoms in total. The lowest BCUT2D eigenvalue weighted by molar-refractivity contribution is 0.627. The molecule has 0 saturated heterocycles. The van der Waals surface area contributed by atoms with Gasteiger partial charge in [-0.15, -0.1) is 0 Å². The predicted molar refractivity (Wildman–Crippen MR) is 92.5 cm³/mol. The Bertz CT molecular complexity index is 941. The van der Waals surface area contributed by atoms with E-state index in [1.54, 1.807) is 36.4 Å². The van der Waals surface area contributed by atoms with Crippen molar-refractivity contribution in [3.05, 3.63) is 87.6 Å². The second-order valence-corrected chi connectivity index (χ2v) is 5.23. The highest BCUT2D eigenvalue weighted by Gasteiger charge is 2.09. The molecule has 7 heteroatoms. The molecule has 0 aliphatic heterocycles. The van der Waals surface area contributed by atoms with Gasteiger partial charge in [0.2, 0.25) is 0 Å². The minimum absolute atomic E-state index is 0.0368. The molecule has 24 heavy (non-hydrogen) atoms. The van der Waals surface area contributed by atoms with Crippen LogP contribution in [0.3, 0.4) is 0 Å². The summed E-state index contributed by atoms with van der Waals surface area (Å²) in [4.78, 5) is 12.3. The summed E-state index contributed by atoms with van der Waals surface area (Å²) in [5.41, 5.74) is 3.62. The molecule has 0 bridgehead atoms. The molecule has 0 spiro atoms. The van der Waals surface area contributed by atoms with Crippen molar-refractivity contribution < 1.29 is 4.39 Å². The quantitative estimate of drug-likeness (QED) is 0.583. The first-order valence-corrected chi connectivity index (χ1v) is 7.41. The van der Waals surface area contributed by atoms with Crippen LogP contribution >= 0.6 is 11.6 Å². The Morgan fingerprint density at radius 2 is 1.96 bits per heavy atom. The van der Waals surface area contributed by atoms with Crippen molar-refractivity contribution in [2.45, 2.75) is 0 Å². The molecule has 3 aromatic rings. The molecule has 3 rings (SSSR count). The van der Waals surface area contributed by atoms with Crippen LogP contribution in [0, 0.1) is 5.82 Å². The van der Waals surface area contributed by atoms with Crippen molar-refractivity contribution in [1.82, 2.24) is 9.78 Å². The van der Waals surface area contributed by atoms with Crippen LogP contribution in [-0.4, -0.2) is 16.0 Å². The molecular formula is C17H12ClFN4O. The Balaban J connectivity index is 1.83. The minimum Gasteiger partial charge on any atom is -0.275 e. The average Bonchev–Trinajstić information content (AvgIpc) is 2.60. The van der Waals surface area contributed by atoms with E-state index in [4.69, 9.17) is 11.6 Å². The Hall–Kier alpha value is -2.99. The van der Waals surface area contributed by atoms with Crippen LogP contribution in [0.4, 0.5) is 10.1 Å². The normalized spacial score (nSPS) is 10.9. The van der Waals surface area contributed by atoms with Crippen molar-refractivity contribution in [1.29, 1.82) is 0 Å². The third kappa shape index (κ3) is 3.49. The first kappa shape index (κ1) is 15.9. The van der Waals surface area contributed by atoms with Crippen LogP contribution in [0.5, 0.6) is 0 Å². The number of hydrogen-bond donors (Lipinski definition) is 1. The van der Waals surface area contributed by atoms with Gasteiger partial charge in [-0.2, -0.15) is 14.9 Å². The van der Waals surface area contributed by atoms with Crippen LogP contribution in [0.15, 0.2) is 70.7 Å². The van der Waals surface area contributed by atoms with Crippen molar-refractivity contribution in [2.24, 2.45) is 5.10 Å². The number of aromatic nitrogens is 2. The number of anilines is 1. The van der Waals surface area contributed by atoms with Crippen molar-refractivity contribution in [3.8, 4) is 5.69 Å². The van der Waals surface area contributed by atoms with Crippen LogP contribution in [0.2, 0.25) is 5.02 Å². The fraction of sp³-hybridized carbons (Fsp3) is 0. The highest BCUT2D eigenvalue weighted by molar-refractivity contribution is 6.32. The fourth-order valence-corrected chi connectivity index (χ4v) is 2.20. The van der Waals surface area contributed by atoms with Gasteiger partial charge in [-0.3, -0.25) is 10.2 Å². The van der Waals surface area contributed by atoms with Gasteiger partial charge in [0.15, 0.2) is 0 Å². The van der Waals surface area contributed by atoms with E-state index >= 15 is 0 Å². The van der Waals surface area contributed by atoms with Crippen LogP contribution in [0.25, 0.3) is 5.69 Å². The summed E-state index contributed by atoms with van der Waals surface area (Å²) in [5, 5.41) is 7.98. The summed E-state index contributed by atoms with van der Waals surface area (Å²) in [6.07, 6.45) is 2.82. The predicted octanol–water partition coefficient (Wildman–Crippen LogP) is 3.47. The number of nitrogens with zero attached hydrogens (tertiary/aromatic N) is 3. The number of nitrogens with one attached hydrogen (secondary N) is 1. The van der Waals surface area contributed by atoms with E-state index in [-0.39, 0.29) is 16.5 Å². The second-order valence-electron chi connectivity index (χ2n) is 4.85. The maximum atomic E-state index is 13.1. The zero-order chi connectivity index (χ0) is 16.9. The van der Waals surface area contributed by atoms with Crippen molar-refractivity contribution >= 4 is 23.5 Å². The lowest BCUT2D eigenvalue weighted by atomic mass is 10.2. The van der Waals surface area contributed by atoms with E-state index in [1.165, 1.54) is 29.2 Å². The summed E-state index contributed by atoms with van der Waals surface area (Å²) in [7, 11) is 0. The summed E-state index contributed by atoms with van der Waals surface area (Å²) in [6.45, 7) is 0. The highest BCUT2D eigenvalue weighted by atomic mass is 35.5. The first-order valence-electron chi connectivity index (χ1n) is 7.03. The molecule has 0 fully saturated rings. The third-order valence-electron chi connectivity index (χ3n) is 3.17. The Morgan fingerprint density at radius 3 is 2.71 bits per heavy atom. The highest BCUT2D eigenvalue weighted by Crippen LogP contribution is 2.16. The molecule has 0 amide bonds. The maximum absolute atomic E-state index is 13.1. The molecule has 0 saturated carbocycles. The molecule has 0 radical (unpaired) electrons. The standard InChI is InChI=1S/C17H12ClFN4O/c18-16-15(22-20-10-12-5-4-6-13(19)9-12)11-21-23(17(16)24)14-7-2-1-3-8-14/h1-11,22H/b20-10-. The maximum Gasteiger partial charge on any atom is 0.292 e. The van der Waals surface area contributed by atoms with Crippen LogP contribution < -0.4 is 11.0 Å². The Labute approximate surface area is 142 Å². The molecule has 0 unspecified atom stereocenters. The van der Waals surface area contributed by atoms with E-state index in [9.17, 15) is 9.18 Å². The van der Waals surface area contributed by atoms with Gasteiger partial charge in [-0.05, 0) is 29.8 Å². The lowest BCUT2D eigenvalue weighted by Gasteiger charge is -2.07. The number of rotatable bonds is 4. The van der Waals surface area contributed by atoms with Gasteiger partial charge >= 0.3 is 0 Å². The van der Waals surface area contributed by atoms with E-state index in [0.29, 0.717) is 11.3 Å². The first-order chi connectivity index (χ1) is 11.6. The largest absolute Gasteiger partial charge is 0.292 e. The minimum atomic E-state index is -0.464. The smallest absolute Gasteiger partial charge is 0.275 e. The zero-order valence-electron chi connectivity index (χ0n) is 12.4. The molecule has 0 aliphatic carbocycles. The van der Waals surface area contributed by atoms with Gasteiger partial charge < -0.3 is 0 Å². The Kier molecular flexibility index (Phi) is 4.67. The zero-order valence-corrected chi connectivity index (χ0v) is 13.1. The molecule has 1 aromatic heterocycles. The average molecular weight is 343 g/mol. The van der Waals surface area contributed by atoms with Gasteiger partial charge in [0.05, 0.1) is 18.1 Å². The van der Waals surface area contributed by atoms with E-state index in [2.05, 4.69) is 15.6 Å². The van der Waals surface area contributed by atoms with Gasteiger partial charge in [-0.1, -0.05) is 41.9 Å². The van der Waals surface area contributed by atoms with Gasteiger partial charge in [0, 0.05) is 0 Å².